The first kappa shape index (κ1) is 18.2. The normalized spacial score (nSPS) is 11.8. The molecule has 0 unspecified atom stereocenters. The zero-order valence-corrected chi connectivity index (χ0v) is 16.6. The van der Waals surface area contributed by atoms with Crippen molar-refractivity contribution in [3.63, 3.8) is 0 Å². The van der Waals surface area contributed by atoms with E-state index in [1.54, 1.807) is 0 Å². The van der Waals surface area contributed by atoms with E-state index < -0.39 is 5.41 Å². The third kappa shape index (κ3) is 3.50. The van der Waals surface area contributed by atoms with Gasteiger partial charge in [-0.15, -0.1) is 0 Å². The third-order valence-electron chi connectivity index (χ3n) is 5.03. The van der Waals surface area contributed by atoms with Gasteiger partial charge in [0.25, 0.3) is 0 Å². The number of carbonyl (C=O) groups is 1. The van der Waals surface area contributed by atoms with E-state index in [2.05, 4.69) is 58.4 Å². The number of imidazole rings is 1. The molecule has 28 heavy (non-hydrogen) atoms. The van der Waals surface area contributed by atoms with Crippen LogP contribution in [0.25, 0.3) is 21.8 Å². The first-order chi connectivity index (χ1) is 13.4. The Morgan fingerprint density at radius 3 is 2.50 bits per heavy atom. The molecule has 1 heterocycles. The summed E-state index contributed by atoms with van der Waals surface area (Å²) >= 11 is 0. The highest BCUT2D eigenvalue weighted by Crippen LogP contribution is 2.23. The van der Waals surface area contributed by atoms with Gasteiger partial charge in [0.05, 0.1) is 24.1 Å². The molecule has 142 valence electrons. The minimum Gasteiger partial charge on any atom is -0.348 e. The van der Waals surface area contributed by atoms with Crippen LogP contribution < -0.4 is 5.32 Å². The van der Waals surface area contributed by atoms with E-state index in [-0.39, 0.29) is 5.91 Å². The van der Waals surface area contributed by atoms with E-state index in [1.165, 1.54) is 16.3 Å². The number of benzene rings is 3. The molecule has 1 amide bonds. The van der Waals surface area contributed by atoms with E-state index in [0.717, 1.165) is 16.9 Å². The van der Waals surface area contributed by atoms with Crippen LogP contribution in [0.2, 0.25) is 0 Å². The van der Waals surface area contributed by atoms with Crippen molar-refractivity contribution in [3.8, 4) is 0 Å². The molecule has 4 aromatic rings. The molecule has 1 N–H and O–H groups in total. The Bertz CT molecular complexity index is 1150. The first-order valence-electron chi connectivity index (χ1n) is 9.62. The van der Waals surface area contributed by atoms with Gasteiger partial charge in [0.15, 0.2) is 0 Å². The number of nitrogens with one attached hydrogen (secondary N) is 1. The Balaban J connectivity index is 1.74. The fourth-order valence-electron chi connectivity index (χ4n) is 3.46. The second kappa shape index (κ2) is 7.12. The second-order valence-corrected chi connectivity index (χ2v) is 8.17. The lowest BCUT2D eigenvalue weighted by molar-refractivity contribution is -0.128. The average Bonchev–Trinajstić information content (AvgIpc) is 3.03. The van der Waals surface area contributed by atoms with Crippen LogP contribution in [-0.2, 0) is 17.9 Å². The number of hydrogen-bond acceptors (Lipinski definition) is 2. The number of fused-ring (bicyclic) bond motifs is 2. The van der Waals surface area contributed by atoms with Gasteiger partial charge in [0.1, 0.15) is 5.82 Å². The van der Waals surface area contributed by atoms with Crippen molar-refractivity contribution in [1.82, 2.24) is 14.9 Å². The second-order valence-electron chi connectivity index (χ2n) is 8.17. The molecule has 0 radical (unpaired) electrons. The number of rotatable bonds is 4. The highest BCUT2D eigenvalue weighted by atomic mass is 16.2. The number of para-hydroxylation sites is 2. The zero-order chi connectivity index (χ0) is 19.7. The number of hydrogen-bond donors (Lipinski definition) is 1. The van der Waals surface area contributed by atoms with Crippen molar-refractivity contribution < 1.29 is 4.79 Å². The Labute approximate surface area is 165 Å². The summed E-state index contributed by atoms with van der Waals surface area (Å²) in [6, 6.07) is 22.9. The summed E-state index contributed by atoms with van der Waals surface area (Å²) < 4.78 is 2.21. The van der Waals surface area contributed by atoms with Crippen molar-refractivity contribution in [2.24, 2.45) is 5.41 Å². The molecular formula is C24H25N3O. The van der Waals surface area contributed by atoms with Crippen molar-refractivity contribution in [2.75, 3.05) is 0 Å². The molecule has 0 saturated heterocycles. The molecule has 0 fully saturated rings. The summed E-state index contributed by atoms with van der Waals surface area (Å²) in [6.07, 6.45) is 0. The van der Waals surface area contributed by atoms with Crippen LogP contribution in [0.15, 0.2) is 66.7 Å². The number of aromatic nitrogens is 2. The topological polar surface area (TPSA) is 46.9 Å². The zero-order valence-electron chi connectivity index (χ0n) is 16.6. The average molecular weight is 371 g/mol. The maximum absolute atomic E-state index is 12.3. The van der Waals surface area contributed by atoms with Crippen molar-refractivity contribution in [1.29, 1.82) is 0 Å². The third-order valence-corrected chi connectivity index (χ3v) is 5.03. The molecule has 1 aromatic heterocycles. The standard InChI is InChI=1S/C24H25N3O/c1-24(2,3)23(28)25-15-22-26-20-13-6-7-14-21(20)27(22)16-18-11-8-10-17-9-4-5-12-19(17)18/h4-14H,15-16H2,1-3H3,(H,25,28). The summed E-state index contributed by atoms with van der Waals surface area (Å²) in [4.78, 5) is 17.1. The summed E-state index contributed by atoms with van der Waals surface area (Å²) in [7, 11) is 0. The fraction of sp³-hybridized carbons (Fsp3) is 0.250. The number of carbonyl (C=O) groups excluding carboxylic acids is 1. The van der Waals surface area contributed by atoms with Crippen LogP contribution >= 0.6 is 0 Å². The molecule has 0 saturated carbocycles. The smallest absolute Gasteiger partial charge is 0.225 e. The van der Waals surface area contributed by atoms with Crippen molar-refractivity contribution in [3.05, 3.63) is 78.1 Å². The molecule has 4 rings (SSSR count). The molecule has 0 bridgehead atoms. The van der Waals surface area contributed by atoms with Crippen LogP contribution in [-0.4, -0.2) is 15.5 Å². The Morgan fingerprint density at radius 2 is 1.68 bits per heavy atom. The summed E-state index contributed by atoms with van der Waals surface area (Å²) in [6.45, 7) is 6.88. The molecule has 0 spiro atoms. The van der Waals surface area contributed by atoms with Crippen molar-refractivity contribution >= 4 is 27.7 Å². The van der Waals surface area contributed by atoms with E-state index in [1.807, 2.05) is 39.0 Å². The van der Waals surface area contributed by atoms with Crippen molar-refractivity contribution in [2.45, 2.75) is 33.9 Å². The predicted octanol–water partition coefficient (Wildman–Crippen LogP) is 4.90. The van der Waals surface area contributed by atoms with Gasteiger partial charge < -0.3 is 9.88 Å². The Morgan fingerprint density at radius 1 is 0.964 bits per heavy atom. The van der Waals surface area contributed by atoms with Gasteiger partial charge in [-0.2, -0.15) is 0 Å². The molecule has 0 atom stereocenters. The van der Waals surface area contributed by atoms with Gasteiger partial charge in [0, 0.05) is 5.41 Å². The molecular weight excluding hydrogens is 346 g/mol. The van der Waals surface area contributed by atoms with Crippen LogP contribution in [0.4, 0.5) is 0 Å². The minimum absolute atomic E-state index is 0.0243. The molecule has 4 heteroatoms. The van der Waals surface area contributed by atoms with E-state index >= 15 is 0 Å². The van der Waals surface area contributed by atoms with E-state index in [0.29, 0.717) is 13.1 Å². The van der Waals surface area contributed by atoms with Crippen LogP contribution in [0.5, 0.6) is 0 Å². The SMILES string of the molecule is CC(C)(C)C(=O)NCc1nc2ccccc2n1Cc1cccc2ccccc12. The number of amides is 1. The molecule has 0 aliphatic heterocycles. The lowest BCUT2D eigenvalue weighted by Gasteiger charge is -2.18. The van der Waals surface area contributed by atoms with E-state index in [4.69, 9.17) is 4.98 Å². The monoisotopic (exact) mass is 371 g/mol. The van der Waals surface area contributed by atoms with Gasteiger partial charge in [-0.3, -0.25) is 4.79 Å². The Kier molecular flexibility index (Phi) is 4.63. The minimum atomic E-state index is -0.424. The quantitative estimate of drug-likeness (QED) is 0.555. The molecule has 0 aliphatic rings. The lowest BCUT2D eigenvalue weighted by atomic mass is 9.96. The van der Waals surface area contributed by atoms with Gasteiger partial charge >= 0.3 is 0 Å². The molecule has 4 nitrogen and oxygen atoms in total. The van der Waals surface area contributed by atoms with Gasteiger partial charge in [-0.05, 0) is 28.5 Å². The molecule has 3 aromatic carbocycles. The Hall–Kier alpha value is -3.14. The fourth-order valence-corrected chi connectivity index (χ4v) is 3.46. The highest BCUT2D eigenvalue weighted by Gasteiger charge is 2.21. The van der Waals surface area contributed by atoms with Gasteiger partial charge in [-0.25, -0.2) is 4.98 Å². The van der Waals surface area contributed by atoms with Gasteiger partial charge in [0.2, 0.25) is 5.91 Å². The summed E-state index contributed by atoms with van der Waals surface area (Å²) in [5.74, 6) is 0.892. The largest absolute Gasteiger partial charge is 0.348 e. The summed E-state index contributed by atoms with van der Waals surface area (Å²) in [5.41, 5.74) is 2.84. The summed E-state index contributed by atoms with van der Waals surface area (Å²) in [5, 5.41) is 5.51. The van der Waals surface area contributed by atoms with E-state index in [9.17, 15) is 4.79 Å². The highest BCUT2D eigenvalue weighted by molar-refractivity contribution is 5.86. The molecule has 0 aliphatic carbocycles. The maximum atomic E-state index is 12.3. The van der Waals surface area contributed by atoms with Crippen LogP contribution in [0, 0.1) is 5.41 Å². The maximum Gasteiger partial charge on any atom is 0.225 e. The van der Waals surface area contributed by atoms with Crippen LogP contribution in [0.3, 0.4) is 0 Å². The first-order valence-corrected chi connectivity index (χ1v) is 9.62. The van der Waals surface area contributed by atoms with Gasteiger partial charge in [-0.1, -0.05) is 75.4 Å². The van der Waals surface area contributed by atoms with Crippen LogP contribution in [0.1, 0.15) is 32.2 Å². The number of nitrogens with zero attached hydrogens (tertiary/aromatic N) is 2. The lowest BCUT2D eigenvalue weighted by Crippen LogP contribution is -2.35. The predicted molar refractivity (Wildman–Crippen MR) is 114 cm³/mol.